The molecule has 0 fully saturated rings. The summed E-state index contributed by atoms with van der Waals surface area (Å²) < 4.78 is 1.95. The Kier molecular flexibility index (Phi) is 3.58. The van der Waals surface area contributed by atoms with Gasteiger partial charge in [-0.1, -0.05) is 13.8 Å². The summed E-state index contributed by atoms with van der Waals surface area (Å²) in [6.07, 6.45) is 5.45. The van der Waals surface area contributed by atoms with Crippen LogP contribution in [-0.2, 0) is 13.6 Å². The Bertz CT molecular complexity index is 469. The topological polar surface area (TPSA) is 58.5 Å². The lowest BCUT2D eigenvalue weighted by Crippen LogP contribution is -2.19. The molecule has 92 valence electrons. The van der Waals surface area contributed by atoms with Crippen molar-refractivity contribution in [2.24, 2.45) is 13.0 Å². The van der Waals surface area contributed by atoms with Crippen molar-refractivity contribution in [2.75, 3.05) is 6.54 Å². The van der Waals surface area contributed by atoms with Crippen molar-refractivity contribution in [3.8, 4) is 11.5 Å². The molecule has 0 aromatic carbocycles. The van der Waals surface area contributed by atoms with E-state index < -0.39 is 0 Å². The molecule has 2 aromatic rings. The Labute approximate surface area is 101 Å². The lowest BCUT2D eigenvalue weighted by molar-refractivity contribution is 0.549. The molecule has 0 saturated heterocycles. The zero-order valence-corrected chi connectivity index (χ0v) is 10.6. The van der Waals surface area contributed by atoms with E-state index in [1.165, 1.54) is 0 Å². The van der Waals surface area contributed by atoms with Crippen molar-refractivity contribution in [3.63, 3.8) is 0 Å². The second kappa shape index (κ2) is 5.14. The average Bonchev–Trinajstić information content (AvgIpc) is 2.86. The largest absolute Gasteiger partial charge is 0.339 e. The van der Waals surface area contributed by atoms with Crippen LogP contribution in [0.3, 0.4) is 0 Å². The van der Waals surface area contributed by atoms with Gasteiger partial charge in [-0.2, -0.15) is 0 Å². The zero-order valence-electron chi connectivity index (χ0n) is 10.6. The molecule has 0 saturated carbocycles. The van der Waals surface area contributed by atoms with Crippen molar-refractivity contribution >= 4 is 0 Å². The van der Waals surface area contributed by atoms with E-state index in [4.69, 9.17) is 0 Å². The van der Waals surface area contributed by atoms with Gasteiger partial charge in [0.15, 0.2) is 5.82 Å². The van der Waals surface area contributed by atoms with Crippen LogP contribution in [0.15, 0.2) is 18.7 Å². The van der Waals surface area contributed by atoms with Crippen molar-refractivity contribution in [3.05, 3.63) is 24.4 Å². The number of hydrogen-bond acceptors (Lipinski definition) is 3. The second-order valence-electron chi connectivity index (χ2n) is 4.67. The van der Waals surface area contributed by atoms with Gasteiger partial charge in [0.1, 0.15) is 5.69 Å². The normalized spacial score (nSPS) is 11.3. The fourth-order valence-corrected chi connectivity index (χ4v) is 1.66. The maximum Gasteiger partial charge on any atom is 0.155 e. The highest BCUT2D eigenvalue weighted by atomic mass is 15.1. The third kappa shape index (κ3) is 2.94. The Morgan fingerprint density at radius 1 is 1.41 bits per heavy atom. The predicted molar refractivity (Wildman–Crippen MR) is 67.3 cm³/mol. The molecule has 0 radical (unpaired) electrons. The molecule has 0 aliphatic heterocycles. The van der Waals surface area contributed by atoms with Crippen LogP contribution >= 0.6 is 0 Å². The number of nitrogens with zero attached hydrogens (tertiary/aromatic N) is 3. The highest BCUT2D eigenvalue weighted by molar-refractivity contribution is 5.48. The second-order valence-corrected chi connectivity index (χ2v) is 4.67. The molecule has 2 aromatic heterocycles. The lowest BCUT2D eigenvalue weighted by atomic mass is 10.2. The zero-order chi connectivity index (χ0) is 12.3. The summed E-state index contributed by atoms with van der Waals surface area (Å²) >= 11 is 0. The van der Waals surface area contributed by atoms with E-state index in [0.29, 0.717) is 5.92 Å². The van der Waals surface area contributed by atoms with Gasteiger partial charge in [0.25, 0.3) is 0 Å². The fourth-order valence-electron chi connectivity index (χ4n) is 1.66. The number of imidazole rings is 2. The van der Waals surface area contributed by atoms with Crippen LogP contribution in [0.1, 0.15) is 19.5 Å². The minimum atomic E-state index is 0.662. The number of nitrogens with one attached hydrogen (secondary N) is 2. The number of aromatic nitrogens is 4. The van der Waals surface area contributed by atoms with Gasteiger partial charge in [0.05, 0.1) is 18.7 Å². The summed E-state index contributed by atoms with van der Waals surface area (Å²) in [4.78, 5) is 11.7. The molecule has 17 heavy (non-hydrogen) atoms. The summed E-state index contributed by atoms with van der Waals surface area (Å²) in [6, 6.07) is 0. The molecule has 0 amide bonds. The number of hydrogen-bond donors (Lipinski definition) is 2. The van der Waals surface area contributed by atoms with Crippen LogP contribution in [-0.4, -0.2) is 26.1 Å². The summed E-state index contributed by atoms with van der Waals surface area (Å²) in [5, 5.41) is 3.38. The van der Waals surface area contributed by atoms with E-state index >= 15 is 0 Å². The first-order valence-corrected chi connectivity index (χ1v) is 5.88. The van der Waals surface area contributed by atoms with Gasteiger partial charge in [0.2, 0.25) is 0 Å². The first kappa shape index (κ1) is 11.9. The van der Waals surface area contributed by atoms with E-state index in [1.54, 1.807) is 6.33 Å². The molecular weight excluding hydrogens is 214 g/mol. The average molecular weight is 233 g/mol. The molecule has 2 N–H and O–H groups in total. The monoisotopic (exact) mass is 233 g/mol. The first-order valence-electron chi connectivity index (χ1n) is 5.88. The Hall–Kier alpha value is -1.62. The fraction of sp³-hybridized carbons (Fsp3) is 0.500. The quantitative estimate of drug-likeness (QED) is 0.824. The maximum atomic E-state index is 4.36. The minimum absolute atomic E-state index is 0.662. The van der Waals surface area contributed by atoms with Crippen LogP contribution in [0, 0.1) is 5.92 Å². The van der Waals surface area contributed by atoms with Crippen molar-refractivity contribution < 1.29 is 0 Å². The standard InChI is InChI=1S/C12H19N5/c1-9(2)4-13-5-10-6-15-12(16-10)11-7-14-8-17(11)3/h6-9,13H,4-5H2,1-3H3,(H,15,16). The Morgan fingerprint density at radius 3 is 2.88 bits per heavy atom. The number of rotatable bonds is 5. The molecule has 5 nitrogen and oxygen atoms in total. The maximum absolute atomic E-state index is 4.36. The third-order valence-electron chi connectivity index (χ3n) is 2.56. The van der Waals surface area contributed by atoms with Crippen LogP contribution in [0.5, 0.6) is 0 Å². The predicted octanol–water partition coefficient (Wildman–Crippen LogP) is 1.56. The molecule has 0 aliphatic carbocycles. The van der Waals surface area contributed by atoms with Gasteiger partial charge in [-0.3, -0.25) is 0 Å². The number of aryl methyl sites for hydroxylation is 1. The van der Waals surface area contributed by atoms with E-state index in [-0.39, 0.29) is 0 Å². The summed E-state index contributed by atoms with van der Waals surface area (Å²) in [7, 11) is 1.96. The first-order chi connectivity index (χ1) is 8.16. The molecule has 0 unspecified atom stereocenters. The van der Waals surface area contributed by atoms with Gasteiger partial charge in [-0.15, -0.1) is 0 Å². The lowest BCUT2D eigenvalue weighted by Gasteiger charge is -2.05. The van der Waals surface area contributed by atoms with Crippen LogP contribution in [0.25, 0.3) is 11.5 Å². The third-order valence-corrected chi connectivity index (χ3v) is 2.56. The van der Waals surface area contributed by atoms with Gasteiger partial charge >= 0.3 is 0 Å². The van der Waals surface area contributed by atoms with Crippen LogP contribution < -0.4 is 5.32 Å². The van der Waals surface area contributed by atoms with Crippen LogP contribution in [0.4, 0.5) is 0 Å². The van der Waals surface area contributed by atoms with Gasteiger partial charge < -0.3 is 14.9 Å². The minimum Gasteiger partial charge on any atom is -0.339 e. The highest BCUT2D eigenvalue weighted by Crippen LogP contribution is 2.13. The Balaban J connectivity index is 1.99. The van der Waals surface area contributed by atoms with E-state index in [0.717, 1.165) is 30.3 Å². The molecule has 5 heteroatoms. The van der Waals surface area contributed by atoms with Crippen LogP contribution in [0.2, 0.25) is 0 Å². The molecule has 2 rings (SSSR count). The van der Waals surface area contributed by atoms with Crippen molar-refractivity contribution in [2.45, 2.75) is 20.4 Å². The molecule has 0 aliphatic rings. The number of H-pyrrole nitrogens is 1. The smallest absolute Gasteiger partial charge is 0.155 e. The molecule has 2 heterocycles. The Morgan fingerprint density at radius 2 is 2.24 bits per heavy atom. The van der Waals surface area contributed by atoms with E-state index in [1.807, 2.05) is 24.0 Å². The summed E-state index contributed by atoms with van der Waals surface area (Å²) in [6.45, 7) is 6.23. The van der Waals surface area contributed by atoms with Gasteiger partial charge in [-0.05, 0) is 12.5 Å². The summed E-state index contributed by atoms with van der Waals surface area (Å²) in [5.74, 6) is 1.53. The molecule has 0 atom stereocenters. The highest BCUT2D eigenvalue weighted by Gasteiger charge is 2.06. The molecular formula is C12H19N5. The van der Waals surface area contributed by atoms with Crippen molar-refractivity contribution in [1.29, 1.82) is 0 Å². The molecule has 0 spiro atoms. The SMILES string of the molecule is CC(C)CNCc1cnc(-c2cncn2C)[nH]1. The number of aromatic amines is 1. The van der Waals surface area contributed by atoms with Gasteiger partial charge in [0, 0.05) is 19.3 Å². The molecule has 0 bridgehead atoms. The van der Waals surface area contributed by atoms with E-state index in [9.17, 15) is 0 Å². The van der Waals surface area contributed by atoms with Gasteiger partial charge in [-0.25, -0.2) is 9.97 Å². The van der Waals surface area contributed by atoms with E-state index in [2.05, 4.69) is 34.1 Å². The summed E-state index contributed by atoms with van der Waals surface area (Å²) in [5.41, 5.74) is 2.10. The van der Waals surface area contributed by atoms with Crippen molar-refractivity contribution in [1.82, 2.24) is 24.8 Å².